The number of nitrogens with one attached hydrogen (secondary N) is 1. The molecule has 0 saturated heterocycles. The molecule has 2 aromatic carbocycles. The second-order valence-electron chi connectivity index (χ2n) is 5.16. The quantitative estimate of drug-likeness (QED) is 0.825. The van der Waals surface area contributed by atoms with E-state index in [1.54, 1.807) is 6.07 Å². The molecule has 25 heavy (non-hydrogen) atoms. The fraction of sp³-hybridized carbons (Fsp3) is 0.176. The molecule has 3 rings (SSSR count). The lowest BCUT2D eigenvalue weighted by molar-refractivity contribution is -0.124. The zero-order chi connectivity index (χ0) is 17.8. The maximum Gasteiger partial charge on any atom is 0.338 e. The van der Waals surface area contributed by atoms with E-state index in [9.17, 15) is 14.0 Å². The highest BCUT2D eigenvalue weighted by Crippen LogP contribution is 2.32. The molecule has 0 spiro atoms. The summed E-state index contributed by atoms with van der Waals surface area (Å²) in [5, 5.41) is 2.75. The molecular weight excluding hydrogens is 353 g/mol. The Morgan fingerprint density at radius 1 is 1.16 bits per heavy atom. The van der Waals surface area contributed by atoms with Gasteiger partial charge in [0.25, 0.3) is 5.91 Å². The molecule has 1 heterocycles. The zero-order valence-corrected chi connectivity index (χ0v) is 13.6. The van der Waals surface area contributed by atoms with Crippen molar-refractivity contribution in [2.75, 3.05) is 13.4 Å². The van der Waals surface area contributed by atoms with Gasteiger partial charge in [-0.25, -0.2) is 9.18 Å². The standard InChI is InChI=1S/C17H13ClFNO5/c18-13-6-12(19)3-1-11(13)7-20-16(21)8-23-17(22)10-2-4-14-15(5-10)25-9-24-14/h1-6H,7-9H2,(H,20,21). The number of hydrogen-bond donors (Lipinski definition) is 1. The molecule has 0 aliphatic carbocycles. The highest BCUT2D eigenvalue weighted by molar-refractivity contribution is 6.31. The molecule has 1 N–H and O–H groups in total. The van der Waals surface area contributed by atoms with Crippen molar-refractivity contribution in [2.45, 2.75) is 6.54 Å². The number of fused-ring (bicyclic) bond motifs is 1. The van der Waals surface area contributed by atoms with Gasteiger partial charge in [-0.05, 0) is 35.9 Å². The van der Waals surface area contributed by atoms with Gasteiger partial charge in [0.2, 0.25) is 6.79 Å². The Morgan fingerprint density at radius 2 is 1.96 bits per heavy atom. The maximum absolute atomic E-state index is 13.0. The summed E-state index contributed by atoms with van der Waals surface area (Å²) in [7, 11) is 0. The highest BCUT2D eigenvalue weighted by atomic mass is 35.5. The van der Waals surface area contributed by atoms with Crippen LogP contribution in [-0.2, 0) is 16.1 Å². The van der Waals surface area contributed by atoms with Crippen molar-refractivity contribution in [2.24, 2.45) is 0 Å². The summed E-state index contributed by atoms with van der Waals surface area (Å²) in [6, 6.07) is 8.47. The molecule has 1 aliphatic heterocycles. The molecule has 0 saturated carbocycles. The van der Waals surface area contributed by atoms with Gasteiger partial charge in [-0.3, -0.25) is 4.79 Å². The third kappa shape index (κ3) is 4.19. The first-order valence-corrected chi connectivity index (χ1v) is 7.68. The molecule has 0 aromatic heterocycles. The van der Waals surface area contributed by atoms with Crippen LogP contribution in [0.4, 0.5) is 4.39 Å². The van der Waals surface area contributed by atoms with E-state index in [4.69, 9.17) is 25.8 Å². The molecule has 2 aromatic rings. The van der Waals surface area contributed by atoms with E-state index in [0.717, 1.165) is 6.07 Å². The molecule has 0 fully saturated rings. The number of rotatable bonds is 5. The Bertz CT molecular complexity index is 827. The number of hydrogen-bond acceptors (Lipinski definition) is 5. The molecule has 6 nitrogen and oxygen atoms in total. The van der Waals surface area contributed by atoms with E-state index >= 15 is 0 Å². The van der Waals surface area contributed by atoms with Gasteiger partial charge in [-0.2, -0.15) is 0 Å². The predicted molar refractivity (Wildman–Crippen MR) is 86.1 cm³/mol. The summed E-state index contributed by atoms with van der Waals surface area (Å²) in [5.41, 5.74) is 0.803. The third-order valence-corrected chi connectivity index (χ3v) is 3.79. The molecule has 1 amide bonds. The second-order valence-corrected chi connectivity index (χ2v) is 5.56. The first-order chi connectivity index (χ1) is 12.0. The lowest BCUT2D eigenvalue weighted by Gasteiger charge is -2.08. The van der Waals surface area contributed by atoms with Crippen molar-refractivity contribution < 1.29 is 28.2 Å². The Morgan fingerprint density at radius 3 is 2.76 bits per heavy atom. The van der Waals surface area contributed by atoms with Crippen molar-refractivity contribution in [3.05, 3.63) is 58.4 Å². The predicted octanol–water partition coefficient (Wildman–Crippen LogP) is 2.68. The number of carbonyl (C=O) groups excluding carboxylic acids is 2. The monoisotopic (exact) mass is 365 g/mol. The number of amides is 1. The lowest BCUT2D eigenvalue weighted by Crippen LogP contribution is -2.28. The first kappa shape index (κ1) is 17.0. The van der Waals surface area contributed by atoms with E-state index in [0.29, 0.717) is 17.1 Å². The van der Waals surface area contributed by atoms with Crippen LogP contribution in [0.15, 0.2) is 36.4 Å². The van der Waals surface area contributed by atoms with Gasteiger partial charge in [0, 0.05) is 11.6 Å². The Hall–Kier alpha value is -2.80. The van der Waals surface area contributed by atoms with Crippen LogP contribution in [0.2, 0.25) is 5.02 Å². The summed E-state index contributed by atoms with van der Waals surface area (Å²) in [6.07, 6.45) is 0. The molecule has 0 unspecified atom stereocenters. The average Bonchev–Trinajstić information content (AvgIpc) is 3.06. The molecule has 0 atom stereocenters. The van der Waals surface area contributed by atoms with Crippen LogP contribution in [0.3, 0.4) is 0 Å². The Labute approximate surface area is 147 Å². The van der Waals surface area contributed by atoms with E-state index in [1.807, 2.05) is 0 Å². The highest BCUT2D eigenvalue weighted by Gasteiger charge is 2.17. The normalized spacial score (nSPS) is 11.9. The van der Waals surface area contributed by atoms with Crippen LogP contribution < -0.4 is 14.8 Å². The van der Waals surface area contributed by atoms with Gasteiger partial charge in [0.15, 0.2) is 18.1 Å². The fourth-order valence-electron chi connectivity index (χ4n) is 2.15. The van der Waals surface area contributed by atoms with Crippen LogP contribution in [0.5, 0.6) is 11.5 Å². The van der Waals surface area contributed by atoms with Crippen LogP contribution >= 0.6 is 11.6 Å². The third-order valence-electron chi connectivity index (χ3n) is 3.43. The summed E-state index contributed by atoms with van der Waals surface area (Å²) >= 11 is 5.87. The van der Waals surface area contributed by atoms with Gasteiger partial charge < -0.3 is 19.5 Å². The zero-order valence-electron chi connectivity index (χ0n) is 12.9. The Kier molecular flexibility index (Phi) is 5.04. The molecule has 1 aliphatic rings. The van der Waals surface area contributed by atoms with Crippen LogP contribution in [-0.4, -0.2) is 25.3 Å². The number of ether oxygens (including phenoxy) is 3. The average molecular weight is 366 g/mol. The molecule has 8 heteroatoms. The molecular formula is C17H13ClFNO5. The smallest absolute Gasteiger partial charge is 0.338 e. The van der Waals surface area contributed by atoms with E-state index < -0.39 is 24.3 Å². The van der Waals surface area contributed by atoms with Crippen molar-refractivity contribution in [3.63, 3.8) is 0 Å². The number of esters is 1. The summed E-state index contributed by atoms with van der Waals surface area (Å²) < 4.78 is 28.2. The van der Waals surface area contributed by atoms with Crippen LogP contribution in [0, 0.1) is 5.82 Å². The minimum atomic E-state index is -0.659. The molecule has 130 valence electrons. The van der Waals surface area contributed by atoms with Crippen LogP contribution in [0.25, 0.3) is 0 Å². The van der Waals surface area contributed by atoms with Crippen molar-refractivity contribution in [3.8, 4) is 11.5 Å². The first-order valence-electron chi connectivity index (χ1n) is 7.30. The van der Waals surface area contributed by atoms with E-state index in [1.165, 1.54) is 24.3 Å². The maximum atomic E-state index is 13.0. The van der Waals surface area contributed by atoms with Gasteiger partial charge in [-0.15, -0.1) is 0 Å². The SMILES string of the molecule is O=C(COC(=O)c1ccc2c(c1)OCO2)NCc1ccc(F)cc1Cl. The largest absolute Gasteiger partial charge is 0.454 e. The van der Waals surface area contributed by atoms with Gasteiger partial charge in [0.1, 0.15) is 5.82 Å². The summed E-state index contributed by atoms with van der Waals surface area (Å²) in [4.78, 5) is 23.7. The van der Waals surface area contributed by atoms with E-state index in [2.05, 4.69) is 5.32 Å². The van der Waals surface area contributed by atoms with Crippen LogP contribution in [0.1, 0.15) is 15.9 Å². The van der Waals surface area contributed by atoms with Crippen molar-refractivity contribution in [1.82, 2.24) is 5.32 Å². The Balaban J connectivity index is 1.49. The van der Waals surface area contributed by atoms with E-state index in [-0.39, 0.29) is 23.9 Å². The summed E-state index contributed by atoms with van der Waals surface area (Å²) in [5.74, 6) is -0.629. The number of carbonyl (C=O) groups is 2. The fourth-order valence-corrected chi connectivity index (χ4v) is 2.38. The minimum absolute atomic E-state index is 0.0967. The number of benzene rings is 2. The lowest BCUT2D eigenvalue weighted by atomic mass is 10.2. The molecule has 0 bridgehead atoms. The van der Waals surface area contributed by atoms with Gasteiger partial charge in [0.05, 0.1) is 5.56 Å². The van der Waals surface area contributed by atoms with Gasteiger partial charge in [-0.1, -0.05) is 17.7 Å². The second kappa shape index (κ2) is 7.40. The summed E-state index contributed by atoms with van der Waals surface area (Å²) in [6.45, 7) is -0.256. The molecule has 0 radical (unpaired) electrons. The topological polar surface area (TPSA) is 73.9 Å². The minimum Gasteiger partial charge on any atom is -0.454 e. The van der Waals surface area contributed by atoms with Crippen molar-refractivity contribution >= 4 is 23.5 Å². The number of halogens is 2. The van der Waals surface area contributed by atoms with Crippen molar-refractivity contribution in [1.29, 1.82) is 0 Å². The van der Waals surface area contributed by atoms with Gasteiger partial charge >= 0.3 is 5.97 Å².